The van der Waals surface area contributed by atoms with Gasteiger partial charge in [-0.3, -0.25) is 4.98 Å². The molecule has 0 aliphatic heterocycles. The maximum Gasteiger partial charge on any atom is 0.306 e. The summed E-state index contributed by atoms with van der Waals surface area (Å²) >= 11 is 6.11. The summed E-state index contributed by atoms with van der Waals surface area (Å²) in [6.07, 6.45) is 2.67. The molecular formula is C14H15ClN5+. The molecule has 6 heteroatoms. The Bertz CT molecular complexity index is 765. The Morgan fingerprint density at radius 2 is 2.20 bits per heavy atom. The van der Waals surface area contributed by atoms with Crippen molar-refractivity contribution in [2.75, 3.05) is 5.32 Å². The smallest absolute Gasteiger partial charge is 0.306 e. The van der Waals surface area contributed by atoms with Crippen LogP contribution in [0.15, 0.2) is 24.5 Å². The van der Waals surface area contributed by atoms with Crippen molar-refractivity contribution in [3.8, 4) is 0 Å². The zero-order valence-corrected chi connectivity index (χ0v) is 12.0. The molecule has 0 atom stereocenters. The molecule has 3 rings (SSSR count). The molecule has 0 spiro atoms. The summed E-state index contributed by atoms with van der Waals surface area (Å²) < 4.78 is 0. The number of hydrogen-bond acceptors (Lipinski definition) is 3. The lowest BCUT2D eigenvalue weighted by Gasteiger charge is -2.07. The summed E-state index contributed by atoms with van der Waals surface area (Å²) in [5.74, 6) is 0.476. The molecule has 0 saturated heterocycles. The lowest BCUT2D eigenvalue weighted by molar-refractivity contribution is -0.347. The molecule has 0 amide bonds. The zero-order valence-electron chi connectivity index (χ0n) is 11.3. The van der Waals surface area contributed by atoms with Crippen LogP contribution in [-0.2, 0) is 6.42 Å². The van der Waals surface area contributed by atoms with Gasteiger partial charge < -0.3 is 5.32 Å². The molecule has 2 aromatic heterocycles. The van der Waals surface area contributed by atoms with Crippen molar-refractivity contribution in [2.45, 2.75) is 20.3 Å². The molecule has 5 nitrogen and oxygen atoms in total. The van der Waals surface area contributed by atoms with Gasteiger partial charge in [0.05, 0.1) is 0 Å². The largest absolute Gasteiger partial charge is 0.310 e. The van der Waals surface area contributed by atoms with Crippen molar-refractivity contribution in [3.63, 3.8) is 0 Å². The highest BCUT2D eigenvalue weighted by molar-refractivity contribution is 6.33. The van der Waals surface area contributed by atoms with Crippen LogP contribution in [0.25, 0.3) is 11.2 Å². The number of hydrogen-bond donors (Lipinski definition) is 2. The van der Waals surface area contributed by atoms with Gasteiger partial charge in [0, 0.05) is 5.69 Å². The number of fused-ring (bicyclic) bond motifs is 1. The zero-order chi connectivity index (χ0) is 14.1. The first-order valence-electron chi connectivity index (χ1n) is 6.46. The maximum absolute atomic E-state index is 6.11. The van der Waals surface area contributed by atoms with Crippen LogP contribution in [0.2, 0.25) is 5.15 Å². The number of H-pyrrole nitrogens is 2. The van der Waals surface area contributed by atoms with E-state index in [-0.39, 0.29) is 0 Å². The highest BCUT2D eigenvalue weighted by atomic mass is 35.5. The number of nitrogens with one attached hydrogen (secondary N) is 3. The van der Waals surface area contributed by atoms with Gasteiger partial charge in [-0.25, -0.2) is 4.98 Å². The Labute approximate surface area is 121 Å². The monoisotopic (exact) mass is 288 g/mol. The van der Waals surface area contributed by atoms with Crippen molar-refractivity contribution < 1.29 is 4.98 Å². The minimum atomic E-state index is 0.390. The first kappa shape index (κ1) is 12.9. The topological polar surface area (TPSA) is 67.7 Å². The van der Waals surface area contributed by atoms with Crippen LogP contribution in [0.4, 0.5) is 11.6 Å². The van der Waals surface area contributed by atoms with Crippen LogP contribution < -0.4 is 10.3 Å². The van der Waals surface area contributed by atoms with Crippen molar-refractivity contribution >= 4 is 34.4 Å². The first-order chi connectivity index (χ1) is 9.67. The number of aromatic amines is 2. The van der Waals surface area contributed by atoms with Gasteiger partial charge in [0.2, 0.25) is 5.52 Å². The summed E-state index contributed by atoms with van der Waals surface area (Å²) in [4.78, 5) is 14.6. The molecule has 0 aliphatic carbocycles. The third-order valence-corrected chi connectivity index (χ3v) is 3.55. The number of nitrogens with zero attached hydrogens (tertiary/aromatic N) is 2. The van der Waals surface area contributed by atoms with Crippen LogP contribution in [0.1, 0.15) is 18.1 Å². The van der Waals surface area contributed by atoms with Crippen LogP contribution >= 0.6 is 11.6 Å². The van der Waals surface area contributed by atoms with Gasteiger partial charge in [-0.05, 0) is 36.6 Å². The van der Waals surface area contributed by atoms with E-state index >= 15 is 0 Å². The predicted octanol–water partition coefficient (Wildman–Crippen LogP) is 3.04. The van der Waals surface area contributed by atoms with Crippen molar-refractivity contribution in [3.05, 3.63) is 40.8 Å². The minimum absolute atomic E-state index is 0.390. The highest BCUT2D eigenvalue weighted by Crippen LogP contribution is 2.21. The van der Waals surface area contributed by atoms with Gasteiger partial charge in [0.25, 0.3) is 0 Å². The van der Waals surface area contributed by atoms with E-state index in [2.05, 4.69) is 51.2 Å². The fraction of sp³-hybridized carbons (Fsp3) is 0.214. The van der Waals surface area contributed by atoms with Crippen molar-refractivity contribution in [1.29, 1.82) is 0 Å². The summed E-state index contributed by atoms with van der Waals surface area (Å²) in [5.41, 5.74) is 4.92. The number of anilines is 2. The molecule has 3 N–H and O–H groups in total. The van der Waals surface area contributed by atoms with Crippen molar-refractivity contribution in [1.82, 2.24) is 15.0 Å². The summed E-state index contributed by atoms with van der Waals surface area (Å²) in [6, 6.07) is 6.21. The molecule has 2 heterocycles. The maximum atomic E-state index is 6.11. The summed E-state index contributed by atoms with van der Waals surface area (Å²) in [6.45, 7) is 4.25. The van der Waals surface area contributed by atoms with Gasteiger partial charge in [0.1, 0.15) is 0 Å². The lowest BCUT2D eigenvalue weighted by atomic mass is 10.1. The third-order valence-electron chi connectivity index (χ3n) is 3.28. The van der Waals surface area contributed by atoms with E-state index in [1.165, 1.54) is 11.1 Å². The van der Waals surface area contributed by atoms with E-state index in [0.717, 1.165) is 12.1 Å². The van der Waals surface area contributed by atoms with E-state index in [9.17, 15) is 0 Å². The van der Waals surface area contributed by atoms with Crippen LogP contribution in [0.3, 0.4) is 0 Å². The predicted molar refractivity (Wildman–Crippen MR) is 79.3 cm³/mol. The van der Waals surface area contributed by atoms with E-state index < -0.39 is 0 Å². The number of rotatable bonds is 3. The molecule has 0 radical (unpaired) electrons. The van der Waals surface area contributed by atoms with E-state index in [4.69, 9.17) is 11.6 Å². The second-order valence-electron chi connectivity index (χ2n) is 4.61. The Hall–Kier alpha value is -2.14. The van der Waals surface area contributed by atoms with Gasteiger partial charge >= 0.3 is 11.6 Å². The molecule has 1 aromatic carbocycles. The van der Waals surface area contributed by atoms with E-state index in [1.807, 2.05) is 6.07 Å². The highest BCUT2D eigenvalue weighted by Gasteiger charge is 2.14. The molecular weight excluding hydrogens is 274 g/mol. The van der Waals surface area contributed by atoms with Crippen LogP contribution in [-0.4, -0.2) is 15.0 Å². The fourth-order valence-corrected chi connectivity index (χ4v) is 2.38. The average Bonchev–Trinajstić information content (AvgIpc) is 2.90. The van der Waals surface area contributed by atoms with Gasteiger partial charge in [-0.2, -0.15) is 4.98 Å². The van der Waals surface area contributed by atoms with E-state index in [1.54, 1.807) is 6.33 Å². The molecule has 0 aliphatic rings. The number of imidazole rings is 1. The Balaban J connectivity index is 1.96. The van der Waals surface area contributed by atoms with Crippen molar-refractivity contribution in [2.24, 2.45) is 0 Å². The number of aromatic nitrogens is 4. The Morgan fingerprint density at radius 1 is 1.35 bits per heavy atom. The molecule has 3 aromatic rings. The number of benzene rings is 1. The summed E-state index contributed by atoms with van der Waals surface area (Å²) in [5, 5.41) is 3.58. The lowest BCUT2D eigenvalue weighted by Crippen LogP contribution is -2.03. The van der Waals surface area contributed by atoms with Gasteiger partial charge in [0.15, 0.2) is 11.5 Å². The third kappa shape index (κ3) is 2.32. The van der Waals surface area contributed by atoms with Gasteiger partial charge in [-0.1, -0.05) is 29.6 Å². The molecule has 0 bridgehead atoms. The molecule has 102 valence electrons. The van der Waals surface area contributed by atoms with Gasteiger partial charge in [-0.15, -0.1) is 0 Å². The molecule has 0 saturated carbocycles. The minimum Gasteiger partial charge on any atom is -0.310 e. The molecule has 0 unspecified atom stereocenters. The second-order valence-corrected chi connectivity index (χ2v) is 4.97. The quantitative estimate of drug-likeness (QED) is 0.728. The fourth-order valence-electron chi connectivity index (χ4n) is 2.16. The average molecular weight is 289 g/mol. The Morgan fingerprint density at radius 3 is 3.00 bits per heavy atom. The first-order valence-corrected chi connectivity index (χ1v) is 6.84. The molecule has 20 heavy (non-hydrogen) atoms. The Kier molecular flexibility index (Phi) is 3.28. The van der Waals surface area contributed by atoms with Crippen LogP contribution in [0.5, 0.6) is 0 Å². The number of halogens is 1. The summed E-state index contributed by atoms with van der Waals surface area (Å²) in [7, 11) is 0. The number of aryl methyl sites for hydroxylation is 2. The normalized spacial score (nSPS) is 10.9. The van der Waals surface area contributed by atoms with Crippen LogP contribution in [0, 0.1) is 6.92 Å². The molecule has 0 fully saturated rings. The standard InChI is InChI=1S/C14H14ClN5/c1-3-9-6-10(5-4-8(9)2)18-14-19-12(15)11-13(20-14)17-7-16-11/h4-7H,3H2,1-2H3,(H2,16,17,18,19,20)/p+1. The van der Waals surface area contributed by atoms with E-state index in [0.29, 0.717) is 22.3 Å². The SMILES string of the molecule is CCc1cc(Nc2nc(Cl)c3[nH]c[nH+]c3n2)ccc1C. The second kappa shape index (κ2) is 5.09.